The zero-order chi connectivity index (χ0) is 29.0. The van der Waals surface area contributed by atoms with Crippen LogP contribution < -0.4 is 25.7 Å². The smallest absolute Gasteiger partial charge is 0.413 e. The summed E-state index contributed by atoms with van der Waals surface area (Å²) in [5.41, 5.74) is 0.943. The molecular formula is C28H31ClN6O5. The lowest BCUT2D eigenvalue weighted by molar-refractivity contribution is 0.0635. The third-order valence-electron chi connectivity index (χ3n) is 5.84. The van der Waals surface area contributed by atoms with Crippen molar-refractivity contribution in [3.05, 3.63) is 63.7 Å². The molecule has 40 heavy (non-hydrogen) atoms. The summed E-state index contributed by atoms with van der Waals surface area (Å²) in [7, 11) is 4.72. The van der Waals surface area contributed by atoms with E-state index in [1.165, 1.54) is 14.2 Å². The van der Waals surface area contributed by atoms with Gasteiger partial charge >= 0.3 is 6.09 Å². The molecule has 11 nitrogen and oxygen atoms in total. The van der Waals surface area contributed by atoms with Crippen molar-refractivity contribution in [2.24, 2.45) is 0 Å². The minimum Gasteiger partial charge on any atom is -0.497 e. The van der Waals surface area contributed by atoms with Crippen molar-refractivity contribution in [3.63, 3.8) is 0 Å². The van der Waals surface area contributed by atoms with Gasteiger partial charge in [-0.15, -0.1) is 0 Å². The minimum atomic E-state index is -0.640. The van der Waals surface area contributed by atoms with E-state index in [4.69, 9.17) is 25.8 Å². The van der Waals surface area contributed by atoms with E-state index in [0.29, 0.717) is 57.5 Å². The van der Waals surface area contributed by atoms with Gasteiger partial charge in [0.15, 0.2) is 0 Å². The Morgan fingerprint density at radius 2 is 1.85 bits per heavy atom. The topological polar surface area (TPSA) is 129 Å². The van der Waals surface area contributed by atoms with Gasteiger partial charge in [-0.05, 0) is 45.0 Å². The standard InChI is InChI=1S/C28H31ClN6O5/c1-28(2,3)40-27(37)33-22-9-7-8-17(32-22)10-11-35-24-16(15-31-26(30-4)34-24)12-20(25(35)36)19-13-18(38-5)14-21(39-6)23(19)29/h7-9,12-15H,10-11H2,1-6H3,(H,30,31,34)(H,32,33,37). The van der Waals surface area contributed by atoms with Crippen LogP contribution in [0.2, 0.25) is 5.02 Å². The van der Waals surface area contributed by atoms with E-state index in [2.05, 4.69) is 25.6 Å². The first-order valence-corrected chi connectivity index (χ1v) is 12.9. The van der Waals surface area contributed by atoms with Crippen LogP contribution in [0.1, 0.15) is 26.5 Å². The van der Waals surface area contributed by atoms with Crippen molar-refractivity contribution in [1.29, 1.82) is 0 Å². The largest absolute Gasteiger partial charge is 0.497 e. The molecule has 2 N–H and O–H groups in total. The Kier molecular flexibility index (Phi) is 8.43. The lowest BCUT2D eigenvalue weighted by Gasteiger charge is -2.19. The maximum atomic E-state index is 13.9. The molecule has 3 aromatic heterocycles. The lowest BCUT2D eigenvalue weighted by Crippen LogP contribution is -2.27. The Morgan fingerprint density at radius 1 is 1.07 bits per heavy atom. The second-order valence-electron chi connectivity index (χ2n) is 9.82. The number of fused-ring (bicyclic) bond motifs is 1. The average Bonchev–Trinajstić information content (AvgIpc) is 2.91. The summed E-state index contributed by atoms with van der Waals surface area (Å²) in [6.45, 7) is 5.59. The molecule has 4 rings (SSSR count). The first-order valence-electron chi connectivity index (χ1n) is 12.5. The second-order valence-corrected chi connectivity index (χ2v) is 10.2. The Bertz CT molecular complexity index is 1620. The number of anilines is 2. The molecule has 12 heteroatoms. The molecule has 0 bridgehead atoms. The Morgan fingerprint density at radius 3 is 2.52 bits per heavy atom. The number of aromatic nitrogens is 4. The highest BCUT2D eigenvalue weighted by molar-refractivity contribution is 6.35. The van der Waals surface area contributed by atoms with Crippen LogP contribution in [0.5, 0.6) is 11.5 Å². The van der Waals surface area contributed by atoms with E-state index in [1.54, 1.807) is 68.9 Å². The van der Waals surface area contributed by atoms with Crippen LogP contribution in [-0.2, 0) is 17.7 Å². The van der Waals surface area contributed by atoms with Gasteiger partial charge in [0.25, 0.3) is 5.56 Å². The Balaban J connectivity index is 1.75. The molecule has 0 atom stereocenters. The van der Waals surface area contributed by atoms with E-state index in [-0.39, 0.29) is 17.1 Å². The fraction of sp³-hybridized carbons (Fsp3) is 0.321. The third-order valence-corrected chi connectivity index (χ3v) is 6.23. The third kappa shape index (κ3) is 6.42. The van der Waals surface area contributed by atoms with E-state index >= 15 is 0 Å². The summed E-state index contributed by atoms with van der Waals surface area (Å²) < 4.78 is 17.7. The normalized spacial score (nSPS) is 11.3. The first-order chi connectivity index (χ1) is 19.0. The number of carbonyl (C=O) groups excluding carboxylic acids is 1. The summed E-state index contributed by atoms with van der Waals surface area (Å²) in [5, 5.41) is 6.47. The quantitative estimate of drug-likeness (QED) is 0.297. The van der Waals surface area contributed by atoms with Crippen LogP contribution in [0, 0.1) is 0 Å². The molecule has 210 valence electrons. The summed E-state index contributed by atoms with van der Waals surface area (Å²) >= 11 is 6.64. The Labute approximate surface area is 236 Å². The summed E-state index contributed by atoms with van der Waals surface area (Å²) in [5.74, 6) is 1.58. The van der Waals surface area contributed by atoms with Gasteiger partial charge in [0, 0.05) is 54.5 Å². The van der Waals surface area contributed by atoms with Crippen molar-refractivity contribution >= 4 is 40.5 Å². The van der Waals surface area contributed by atoms with Gasteiger partial charge in [-0.25, -0.2) is 14.8 Å². The number of carbonyl (C=O) groups is 1. The molecule has 3 heterocycles. The molecular weight excluding hydrogens is 536 g/mol. The molecule has 0 fully saturated rings. The average molecular weight is 567 g/mol. The molecule has 0 radical (unpaired) electrons. The van der Waals surface area contributed by atoms with E-state index in [0.717, 1.165) is 0 Å². The number of hydrogen-bond acceptors (Lipinski definition) is 9. The number of hydrogen-bond donors (Lipinski definition) is 2. The molecule has 0 saturated carbocycles. The number of nitrogens with zero attached hydrogens (tertiary/aromatic N) is 4. The highest BCUT2D eigenvalue weighted by atomic mass is 35.5. The number of methoxy groups -OCH3 is 2. The lowest BCUT2D eigenvalue weighted by atomic mass is 10.0. The molecule has 0 aliphatic heterocycles. The van der Waals surface area contributed by atoms with Crippen LogP contribution in [-0.4, -0.2) is 52.5 Å². The van der Waals surface area contributed by atoms with Gasteiger partial charge in [-0.3, -0.25) is 14.7 Å². The zero-order valence-electron chi connectivity index (χ0n) is 23.2. The predicted molar refractivity (Wildman–Crippen MR) is 155 cm³/mol. The highest BCUT2D eigenvalue weighted by Gasteiger charge is 2.20. The van der Waals surface area contributed by atoms with Gasteiger partial charge in [-0.1, -0.05) is 17.7 Å². The number of rotatable bonds is 8. The fourth-order valence-electron chi connectivity index (χ4n) is 4.04. The van der Waals surface area contributed by atoms with Gasteiger partial charge in [-0.2, -0.15) is 4.98 Å². The van der Waals surface area contributed by atoms with Crippen molar-refractivity contribution in [2.75, 3.05) is 31.9 Å². The Hall–Kier alpha value is -4.38. The van der Waals surface area contributed by atoms with Crippen LogP contribution in [0.3, 0.4) is 0 Å². The number of ether oxygens (including phenoxy) is 3. The second kappa shape index (κ2) is 11.8. The number of pyridine rings is 2. The van der Waals surface area contributed by atoms with Crippen LogP contribution in [0.25, 0.3) is 22.2 Å². The van der Waals surface area contributed by atoms with Crippen molar-refractivity contribution < 1.29 is 19.0 Å². The SMILES string of the molecule is CNc1ncc2cc(-c3cc(OC)cc(OC)c3Cl)c(=O)n(CCc3cccc(NC(=O)OC(C)(C)C)n3)c2n1. The van der Waals surface area contributed by atoms with Crippen LogP contribution in [0.4, 0.5) is 16.6 Å². The van der Waals surface area contributed by atoms with E-state index in [1.807, 2.05) is 6.07 Å². The monoisotopic (exact) mass is 566 g/mol. The van der Waals surface area contributed by atoms with Gasteiger partial charge in [0.1, 0.15) is 28.6 Å². The molecule has 1 aromatic carbocycles. The summed E-state index contributed by atoms with van der Waals surface area (Å²) in [6, 6.07) is 10.3. The maximum absolute atomic E-state index is 13.9. The number of aryl methyl sites for hydroxylation is 2. The highest BCUT2D eigenvalue weighted by Crippen LogP contribution is 2.38. The number of amides is 1. The van der Waals surface area contributed by atoms with Gasteiger partial charge < -0.3 is 19.5 Å². The number of benzene rings is 1. The summed E-state index contributed by atoms with van der Waals surface area (Å²) in [4.78, 5) is 39.5. The molecule has 0 unspecified atom stereocenters. The van der Waals surface area contributed by atoms with Gasteiger partial charge in [0.2, 0.25) is 5.95 Å². The number of halogens is 1. The maximum Gasteiger partial charge on any atom is 0.413 e. The molecule has 0 aliphatic rings. The van der Waals surface area contributed by atoms with Gasteiger partial charge in [0.05, 0.1) is 19.2 Å². The number of nitrogens with one attached hydrogen (secondary N) is 2. The fourth-order valence-corrected chi connectivity index (χ4v) is 4.33. The van der Waals surface area contributed by atoms with Crippen molar-refractivity contribution in [1.82, 2.24) is 19.5 Å². The molecule has 0 saturated heterocycles. The van der Waals surface area contributed by atoms with Crippen LogP contribution >= 0.6 is 11.6 Å². The molecule has 4 aromatic rings. The van der Waals surface area contributed by atoms with Crippen molar-refractivity contribution in [3.8, 4) is 22.6 Å². The predicted octanol–water partition coefficient (Wildman–Crippen LogP) is 5.16. The van der Waals surface area contributed by atoms with E-state index in [9.17, 15) is 9.59 Å². The van der Waals surface area contributed by atoms with Crippen molar-refractivity contribution in [2.45, 2.75) is 39.3 Å². The minimum absolute atomic E-state index is 0.241. The first kappa shape index (κ1) is 28.6. The zero-order valence-corrected chi connectivity index (χ0v) is 23.9. The van der Waals surface area contributed by atoms with Crippen LogP contribution in [0.15, 0.2) is 47.4 Å². The summed E-state index contributed by atoms with van der Waals surface area (Å²) in [6.07, 6.45) is 1.41. The van der Waals surface area contributed by atoms with E-state index < -0.39 is 11.7 Å². The molecule has 0 aliphatic carbocycles. The molecule has 0 spiro atoms. The molecule has 1 amide bonds.